The topological polar surface area (TPSA) is 15.3 Å². The predicted octanol–water partition coefficient (Wildman–Crippen LogP) is 3.35. The van der Waals surface area contributed by atoms with Crippen molar-refractivity contribution in [2.45, 2.75) is 58.7 Å². The molecule has 0 radical (unpaired) electrons. The number of nitrogens with zero attached hydrogens (tertiary/aromatic N) is 1. The highest BCUT2D eigenvalue weighted by Gasteiger charge is 2.39. The van der Waals surface area contributed by atoms with Gasteiger partial charge in [0.1, 0.15) is 0 Å². The van der Waals surface area contributed by atoms with Crippen molar-refractivity contribution < 1.29 is 0 Å². The zero-order valence-corrected chi connectivity index (χ0v) is 13.1. The second-order valence-electron chi connectivity index (χ2n) is 6.93. The lowest BCUT2D eigenvalue weighted by molar-refractivity contribution is 0.0175. The molecule has 2 nitrogen and oxygen atoms in total. The molecule has 2 heteroatoms. The third kappa shape index (κ3) is 3.37. The van der Waals surface area contributed by atoms with Crippen LogP contribution < -0.4 is 5.32 Å². The zero-order valence-electron chi connectivity index (χ0n) is 13.1. The molecule has 1 aromatic rings. The number of aryl methyl sites for hydroxylation is 1. The van der Waals surface area contributed by atoms with Crippen molar-refractivity contribution in [3.63, 3.8) is 0 Å². The highest BCUT2D eigenvalue weighted by molar-refractivity contribution is 5.21. The molecular formula is C17H28N2. The van der Waals surface area contributed by atoms with Crippen LogP contribution >= 0.6 is 0 Å². The fraction of sp³-hybridized carbons (Fsp3) is 0.647. The maximum atomic E-state index is 3.68. The Kier molecular flexibility index (Phi) is 4.03. The molecular weight excluding hydrogens is 232 g/mol. The molecule has 0 aliphatic carbocycles. The van der Waals surface area contributed by atoms with E-state index in [1.165, 1.54) is 17.5 Å². The summed E-state index contributed by atoms with van der Waals surface area (Å²) in [6.07, 6.45) is 1.18. The number of rotatable bonds is 3. The fourth-order valence-corrected chi connectivity index (χ4v) is 2.77. The third-order valence-corrected chi connectivity index (χ3v) is 4.55. The second-order valence-corrected chi connectivity index (χ2v) is 6.93. The van der Waals surface area contributed by atoms with Crippen LogP contribution in [0.2, 0.25) is 0 Å². The molecule has 0 saturated carbocycles. The van der Waals surface area contributed by atoms with Gasteiger partial charge in [0.15, 0.2) is 0 Å². The van der Waals surface area contributed by atoms with E-state index in [4.69, 9.17) is 0 Å². The van der Waals surface area contributed by atoms with E-state index in [0.717, 1.165) is 19.6 Å². The number of hydrogen-bond donors (Lipinski definition) is 1. The third-order valence-electron chi connectivity index (χ3n) is 4.55. The monoisotopic (exact) mass is 260 g/mol. The van der Waals surface area contributed by atoms with Crippen molar-refractivity contribution in [2.24, 2.45) is 0 Å². The Morgan fingerprint density at radius 1 is 1.16 bits per heavy atom. The average Bonchev–Trinajstić information content (AvgIpc) is 2.37. The zero-order chi connectivity index (χ0) is 14.1. The summed E-state index contributed by atoms with van der Waals surface area (Å²) in [6.45, 7) is 14.6. The molecule has 1 aliphatic heterocycles. The van der Waals surface area contributed by atoms with E-state index < -0.39 is 0 Å². The van der Waals surface area contributed by atoms with Crippen molar-refractivity contribution in [3.8, 4) is 0 Å². The number of piperazine rings is 1. The fourth-order valence-electron chi connectivity index (χ4n) is 2.77. The van der Waals surface area contributed by atoms with Crippen molar-refractivity contribution in [1.82, 2.24) is 10.2 Å². The summed E-state index contributed by atoms with van der Waals surface area (Å²) in [4.78, 5) is 2.65. The van der Waals surface area contributed by atoms with Crippen LogP contribution in [0.15, 0.2) is 24.3 Å². The molecule has 0 bridgehead atoms. The summed E-state index contributed by atoms with van der Waals surface area (Å²) in [5, 5.41) is 3.68. The number of benzene rings is 1. The van der Waals surface area contributed by atoms with Crippen LogP contribution in [0.25, 0.3) is 0 Å². The van der Waals surface area contributed by atoms with Gasteiger partial charge in [0.2, 0.25) is 0 Å². The minimum absolute atomic E-state index is 0.208. The Balaban J connectivity index is 2.16. The van der Waals surface area contributed by atoms with Crippen LogP contribution in [-0.2, 0) is 6.54 Å². The quantitative estimate of drug-likeness (QED) is 0.896. The lowest BCUT2D eigenvalue weighted by Gasteiger charge is -2.51. The standard InChI is InChI=1S/C17H28N2/c1-6-17(5)12-18-16(3,4)13-19(17)11-15-9-7-14(2)8-10-15/h7-10,18H,6,11-13H2,1-5H3. The summed E-state index contributed by atoms with van der Waals surface area (Å²) >= 11 is 0. The maximum absolute atomic E-state index is 3.68. The van der Waals surface area contributed by atoms with E-state index in [1.807, 2.05) is 0 Å². The molecule has 1 atom stereocenters. The van der Waals surface area contributed by atoms with E-state index in [2.05, 4.69) is 69.1 Å². The molecule has 1 unspecified atom stereocenters. The van der Waals surface area contributed by atoms with E-state index in [0.29, 0.717) is 0 Å². The van der Waals surface area contributed by atoms with Crippen LogP contribution in [0.3, 0.4) is 0 Å². The highest BCUT2D eigenvalue weighted by Crippen LogP contribution is 2.28. The Morgan fingerprint density at radius 2 is 1.79 bits per heavy atom. The van der Waals surface area contributed by atoms with E-state index in [-0.39, 0.29) is 11.1 Å². The Morgan fingerprint density at radius 3 is 2.37 bits per heavy atom. The predicted molar refractivity (Wildman–Crippen MR) is 82.4 cm³/mol. The Bertz CT molecular complexity index is 421. The molecule has 1 N–H and O–H groups in total. The molecule has 1 fully saturated rings. The minimum Gasteiger partial charge on any atom is -0.309 e. The van der Waals surface area contributed by atoms with Crippen molar-refractivity contribution in [2.75, 3.05) is 13.1 Å². The van der Waals surface area contributed by atoms with Gasteiger partial charge < -0.3 is 5.32 Å². The number of nitrogens with one attached hydrogen (secondary N) is 1. The van der Waals surface area contributed by atoms with Crippen LogP contribution in [-0.4, -0.2) is 29.1 Å². The van der Waals surface area contributed by atoms with Gasteiger partial charge in [-0.15, -0.1) is 0 Å². The molecule has 0 spiro atoms. The first kappa shape index (κ1) is 14.5. The van der Waals surface area contributed by atoms with Gasteiger partial charge in [-0.2, -0.15) is 0 Å². The SMILES string of the molecule is CCC1(C)CNC(C)(C)CN1Cc1ccc(C)cc1. The van der Waals surface area contributed by atoms with Gasteiger partial charge in [-0.25, -0.2) is 0 Å². The molecule has 1 saturated heterocycles. The maximum Gasteiger partial charge on any atom is 0.0307 e. The number of hydrogen-bond acceptors (Lipinski definition) is 2. The van der Waals surface area contributed by atoms with Crippen LogP contribution in [0.1, 0.15) is 45.2 Å². The average molecular weight is 260 g/mol. The molecule has 106 valence electrons. The van der Waals surface area contributed by atoms with Crippen molar-refractivity contribution in [3.05, 3.63) is 35.4 Å². The van der Waals surface area contributed by atoms with Crippen LogP contribution in [0.4, 0.5) is 0 Å². The summed E-state index contributed by atoms with van der Waals surface area (Å²) in [5.74, 6) is 0. The summed E-state index contributed by atoms with van der Waals surface area (Å²) < 4.78 is 0. The molecule has 2 rings (SSSR count). The summed E-state index contributed by atoms with van der Waals surface area (Å²) in [6, 6.07) is 8.96. The van der Waals surface area contributed by atoms with Gasteiger partial charge >= 0.3 is 0 Å². The summed E-state index contributed by atoms with van der Waals surface area (Å²) in [5.41, 5.74) is 3.23. The molecule has 0 amide bonds. The van der Waals surface area contributed by atoms with Gasteiger partial charge in [0.25, 0.3) is 0 Å². The van der Waals surface area contributed by atoms with Gasteiger partial charge in [-0.05, 0) is 39.7 Å². The lowest BCUT2D eigenvalue weighted by atomic mass is 9.87. The first-order chi connectivity index (χ1) is 8.85. The van der Waals surface area contributed by atoms with Crippen molar-refractivity contribution in [1.29, 1.82) is 0 Å². The van der Waals surface area contributed by atoms with Gasteiger partial charge in [-0.1, -0.05) is 36.8 Å². The Labute approximate surface area is 118 Å². The highest BCUT2D eigenvalue weighted by atomic mass is 15.3. The van der Waals surface area contributed by atoms with Gasteiger partial charge in [0, 0.05) is 30.7 Å². The molecule has 1 aromatic carbocycles. The molecule has 1 aliphatic rings. The minimum atomic E-state index is 0.208. The van der Waals surface area contributed by atoms with Gasteiger partial charge in [-0.3, -0.25) is 4.90 Å². The largest absolute Gasteiger partial charge is 0.309 e. The molecule has 1 heterocycles. The van der Waals surface area contributed by atoms with E-state index in [1.54, 1.807) is 0 Å². The normalized spacial score (nSPS) is 27.4. The van der Waals surface area contributed by atoms with Crippen molar-refractivity contribution >= 4 is 0 Å². The van der Waals surface area contributed by atoms with Crippen LogP contribution in [0.5, 0.6) is 0 Å². The smallest absolute Gasteiger partial charge is 0.0307 e. The lowest BCUT2D eigenvalue weighted by Crippen LogP contribution is -2.66. The molecule has 19 heavy (non-hydrogen) atoms. The summed E-state index contributed by atoms with van der Waals surface area (Å²) in [7, 11) is 0. The Hall–Kier alpha value is -0.860. The second kappa shape index (κ2) is 5.26. The molecule has 0 aromatic heterocycles. The van der Waals surface area contributed by atoms with E-state index in [9.17, 15) is 0 Å². The first-order valence-corrected chi connectivity index (χ1v) is 7.40. The van der Waals surface area contributed by atoms with E-state index >= 15 is 0 Å². The first-order valence-electron chi connectivity index (χ1n) is 7.40. The van der Waals surface area contributed by atoms with Gasteiger partial charge in [0.05, 0.1) is 0 Å². The van der Waals surface area contributed by atoms with Crippen LogP contribution in [0, 0.1) is 6.92 Å².